The van der Waals surface area contributed by atoms with E-state index >= 15 is 0 Å². The molecule has 0 aliphatic carbocycles. The monoisotopic (exact) mass is 397 g/mol. The fourth-order valence-electron chi connectivity index (χ4n) is 2.04. The molecule has 1 heterocycles. The summed E-state index contributed by atoms with van der Waals surface area (Å²) in [6, 6.07) is 5.86. The SMILES string of the molecule is Cc1nnc(S[C@@H](C)C(=O)Nc2ccc(S(=O)(=O)NC(C)C)cc2)n1C. The Labute approximate surface area is 157 Å². The van der Waals surface area contributed by atoms with Crippen LogP contribution in [0.3, 0.4) is 0 Å². The number of sulfonamides is 1. The zero-order valence-corrected chi connectivity index (χ0v) is 17.0. The zero-order valence-electron chi connectivity index (χ0n) is 15.3. The van der Waals surface area contributed by atoms with Crippen LogP contribution in [0.4, 0.5) is 5.69 Å². The summed E-state index contributed by atoms with van der Waals surface area (Å²) in [4.78, 5) is 12.5. The molecule has 10 heteroatoms. The smallest absolute Gasteiger partial charge is 0.240 e. The minimum absolute atomic E-state index is 0.154. The van der Waals surface area contributed by atoms with Gasteiger partial charge in [-0.2, -0.15) is 0 Å². The molecule has 0 aliphatic heterocycles. The van der Waals surface area contributed by atoms with E-state index in [2.05, 4.69) is 20.2 Å². The van der Waals surface area contributed by atoms with Crippen LogP contribution in [0, 0.1) is 6.92 Å². The first-order valence-corrected chi connectivity index (χ1v) is 10.4. The van der Waals surface area contributed by atoms with Gasteiger partial charge in [-0.25, -0.2) is 13.1 Å². The fraction of sp³-hybridized carbons (Fsp3) is 0.438. The minimum Gasteiger partial charge on any atom is -0.325 e. The van der Waals surface area contributed by atoms with E-state index in [-0.39, 0.29) is 22.1 Å². The first-order valence-electron chi connectivity index (χ1n) is 8.06. The quantitative estimate of drug-likeness (QED) is 0.692. The summed E-state index contributed by atoms with van der Waals surface area (Å²) in [5, 5.41) is 11.0. The van der Waals surface area contributed by atoms with Crippen LogP contribution in [-0.2, 0) is 21.9 Å². The number of nitrogens with one attached hydrogen (secondary N) is 2. The molecule has 142 valence electrons. The predicted octanol–water partition coefficient (Wildman–Crippen LogP) is 1.93. The molecule has 8 nitrogen and oxygen atoms in total. The summed E-state index contributed by atoms with van der Waals surface area (Å²) < 4.78 is 28.5. The number of benzene rings is 1. The molecule has 0 unspecified atom stereocenters. The predicted molar refractivity (Wildman–Crippen MR) is 102 cm³/mol. The number of aromatic nitrogens is 3. The lowest BCUT2D eigenvalue weighted by atomic mass is 10.3. The summed E-state index contributed by atoms with van der Waals surface area (Å²) >= 11 is 1.30. The van der Waals surface area contributed by atoms with Crippen molar-refractivity contribution < 1.29 is 13.2 Å². The highest BCUT2D eigenvalue weighted by molar-refractivity contribution is 8.00. The van der Waals surface area contributed by atoms with Gasteiger partial charge in [-0.05, 0) is 52.0 Å². The average Bonchev–Trinajstić information content (AvgIpc) is 2.86. The highest BCUT2D eigenvalue weighted by Crippen LogP contribution is 2.23. The van der Waals surface area contributed by atoms with Gasteiger partial charge in [-0.1, -0.05) is 11.8 Å². The van der Waals surface area contributed by atoms with E-state index in [4.69, 9.17) is 0 Å². The Bertz CT molecular complexity index is 876. The Morgan fingerprint density at radius 2 is 1.77 bits per heavy atom. The van der Waals surface area contributed by atoms with Crippen LogP contribution in [0.2, 0.25) is 0 Å². The molecular formula is C16H23N5O3S2. The van der Waals surface area contributed by atoms with E-state index in [1.54, 1.807) is 32.9 Å². The molecule has 1 aromatic carbocycles. The van der Waals surface area contributed by atoms with Crippen molar-refractivity contribution in [3.63, 3.8) is 0 Å². The summed E-state index contributed by atoms with van der Waals surface area (Å²) in [6.07, 6.45) is 0. The molecule has 0 fully saturated rings. The molecule has 0 saturated carbocycles. The van der Waals surface area contributed by atoms with E-state index in [0.717, 1.165) is 5.82 Å². The molecule has 0 spiro atoms. The second-order valence-electron chi connectivity index (χ2n) is 6.14. The molecule has 2 aromatic rings. The molecule has 0 bridgehead atoms. The van der Waals surface area contributed by atoms with E-state index in [9.17, 15) is 13.2 Å². The van der Waals surface area contributed by atoms with Gasteiger partial charge in [-0.15, -0.1) is 10.2 Å². The van der Waals surface area contributed by atoms with Gasteiger partial charge in [0.1, 0.15) is 5.82 Å². The molecule has 0 aliphatic rings. The Morgan fingerprint density at radius 1 is 1.15 bits per heavy atom. The summed E-state index contributed by atoms with van der Waals surface area (Å²) in [7, 11) is -1.71. The largest absolute Gasteiger partial charge is 0.325 e. The van der Waals surface area contributed by atoms with E-state index in [1.807, 2.05) is 18.5 Å². The Morgan fingerprint density at radius 3 is 2.27 bits per heavy atom. The molecule has 2 rings (SSSR count). The second kappa shape index (κ2) is 8.19. The highest BCUT2D eigenvalue weighted by atomic mass is 32.2. The van der Waals surface area contributed by atoms with E-state index in [1.165, 1.54) is 23.9 Å². The van der Waals surface area contributed by atoms with Gasteiger partial charge in [0.05, 0.1) is 10.1 Å². The number of nitrogens with zero attached hydrogens (tertiary/aromatic N) is 3. The maximum absolute atomic E-state index is 12.3. The molecule has 1 aromatic heterocycles. The lowest BCUT2D eigenvalue weighted by Crippen LogP contribution is -2.30. The third-order valence-electron chi connectivity index (χ3n) is 3.53. The summed E-state index contributed by atoms with van der Waals surface area (Å²) in [6.45, 7) is 7.12. The molecule has 0 radical (unpaired) electrons. The van der Waals surface area contributed by atoms with Crippen molar-refractivity contribution in [2.45, 2.75) is 49.0 Å². The van der Waals surface area contributed by atoms with Gasteiger partial charge in [0.25, 0.3) is 0 Å². The van der Waals surface area contributed by atoms with Crippen LogP contribution in [0.15, 0.2) is 34.3 Å². The van der Waals surface area contributed by atoms with Crippen molar-refractivity contribution in [3.8, 4) is 0 Å². The van der Waals surface area contributed by atoms with Crippen LogP contribution < -0.4 is 10.0 Å². The number of amides is 1. The lowest BCUT2D eigenvalue weighted by molar-refractivity contribution is -0.115. The van der Waals surface area contributed by atoms with Crippen LogP contribution >= 0.6 is 11.8 Å². The van der Waals surface area contributed by atoms with Crippen molar-refractivity contribution in [3.05, 3.63) is 30.1 Å². The highest BCUT2D eigenvalue weighted by Gasteiger charge is 2.19. The van der Waals surface area contributed by atoms with Crippen LogP contribution in [0.1, 0.15) is 26.6 Å². The number of carbonyl (C=O) groups excluding carboxylic acids is 1. The summed E-state index contributed by atoms with van der Waals surface area (Å²) in [5.41, 5.74) is 0.528. The van der Waals surface area contributed by atoms with Crippen molar-refractivity contribution >= 4 is 33.4 Å². The Kier molecular flexibility index (Phi) is 6.43. The second-order valence-corrected chi connectivity index (χ2v) is 9.16. The number of thioether (sulfide) groups is 1. The molecular weight excluding hydrogens is 374 g/mol. The molecule has 1 atom stereocenters. The molecule has 0 saturated heterocycles. The van der Waals surface area contributed by atoms with Gasteiger partial charge >= 0.3 is 0 Å². The number of aryl methyl sites for hydroxylation is 1. The standard InChI is InChI=1S/C16H23N5O3S2/c1-10(2)20-26(23,24)14-8-6-13(7-9-14)17-15(22)11(3)25-16-19-18-12(4)21(16)5/h6-11,20H,1-5H3,(H,17,22)/t11-/m0/s1. The van der Waals surface area contributed by atoms with Gasteiger partial charge in [0, 0.05) is 18.8 Å². The number of carbonyl (C=O) groups is 1. The first kappa shape index (κ1) is 20.4. The molecule has 26 heavy (non-hydrogen) atoms. The van der Waals surface area contributed by atoms with Gasteiger partial charge in [0.2, 0.25) is 15.9 Å². The van der Waals surface area contributed by atoms with Crippen molar-refractivity contribution in [2.24, 2.45) is 7.05 Å². The zero-order chi connectivity index (χ0) is 19.5. The summed E-state index contributed by atoms with van der Waals surface area (Å²) in [5.74, 6) is 0.568. The van der Waals surface area contributed by atoms with Crippen molar-refractivity contribution in [1.29, 1.82) is 0 Å². The number of hydrogen-bond acceptors (Lipinski definition) is 6. The Hall–Kier alpha value is -1.91. The maximum Gasteiger partial charge on any atom is 0.240 e. The van der Waals surface area contributed by atoms with Gasteiger partial charge in [0.15, 0.2) is 5.16 Å². The lowest BCUT2D eigenvalue weighted by Gasteiger charge is -2.13. The first-order chi connectivity index (χ1) is 12.1. The fourth-order valence-corrected chi connectivity index (χ4v) is 4.15. The average molecular weight is 398 g/mol. The third kappa shape index (κ3) is 5.05. The number of hydrogen-bond donors (Lipinski definition) is 2. The van der Waals surface area contributed by atoms with E-state index < -0.39 is 10.0 Å². The van der Waals surface area contributed by atoms with Gasteiger partial charge < -0.3 is 9.88 Å². The van der Waals surface area contributed by atoms with Crippen LogP contribution in [0.5, 0.6) is 0 Å². The molecule has 1 amide bonds. The minimum atomic E-state index is -3.55. The Balaban J connectivity index is 2.02. The van der Waals surface area contributed by atoms with Crippen LogP contribution in [-0.4, -0.2) is 40.4 Å². The third-order valence-corrected chi connectivity index (χ3v) is 6.34. The normalized spacial score (nSPS) is 13.0. The van der Waals surface area contributed by atoms with E-state index in [0.29, 0.717) is 10.8 Å². The van der Waals surface area contributed by atoms with Crippen molar-refractivity contribution in [1.82, 2.24) is 19.5 Å². The number of rotatable bonds is 7. The molecule has 2 N–H and O–H groups in total. The van der Waals surface area contributed by atoms with Crippen LogP contribution in [0.25, 0.3) is 0 Å². The maximum atomic E-state index is 12.3. The van der Waals surface area contributed by atoms with Crippen molar-refractivity contribution in [2.75, 3.05) is 5.32 Å². The topological polar surface area (TPSA) is 106 Å². The van der Waals surface area contributed by atoms with Gasteiger partial charge in [-0.3, -0.25) is 4.79 Å². The number of anilines is 1.